The predicted octanol–water partition coefficient (Wildman–Crippen LogP) is 3.56. The van der Waals surface area contributed by atoms with Crippen LogP contribution in [-0.4, -0.2) is 22.3 Å². The van der Waals surface area contributed by atoms with Crippen molar-refractivity contribution in [3.8, 4) is 0 Å². The van der Waals surface area contributed by atoms with Crippen molar-refractivity contribution in [3.05, 3.63) is 35.4 Å². The van der Waals surface area contributed by atoms with Crippen LogP contribution in [0.25, 0.3) is 0 Å². The SMILES string of the molecule is CC.CCc1ccc(/C(C)=[N+]2\NC(=O)C3C2[C@@H]2CC[C@@H]3C2)cc1. The van der Waals surface area contributed by atoms with Gasteiger partial charge in [-0.25, -0.2) is 0 Å². The molecule has 3 nitrogen and oxygen atoms in total. The van der Waals surface area contributed by atoms with Crippen LogP contribution >= 0.6 is 0 Å². The van der Waals surface area contributed by atoms with Gasteiger partial charge in [-0.2, -0.15) is 0 Å². The number of hydrogen-bond donors (Lipinski definition) is 1. The number of nitrogens with zero attached hydrogens (tertiary/aromatic N) is 1. The predicted molar refractivity (Wildman–Crippen MR) is 93.5 cm³/mol. The van der Waals surface area contributed by atoms with Gasteiger partial charge >= 0.3 is 0 Å². The molecule has 1 aromatic carbocycles. The van der Waals surface area contributed by atoms with Crippen molar-refractivity contribution in [2.45, 2.75) is 59.4 Å². The van der Waals surface area contributed by atoms with E-state index in [1.165, 1.54) is 36.1 Å². The third-order valence-corrected chi connectivity index (χ3v) is 5.85. The molecule has 124 valence electrons. The molecular formula is C20H29N2O+. The number of benzene rings is 1. The Morgan fingerprint density at radius 2 is 1.83 bits per heavy atom. The maximum atomic E-state index is 12.3. The zero-order valence-electron chi connectivity index (χ0n) is 14.8. The number of amides is 1. The number of nitrogens with one attached hydrogen (secondary N) is 1. The number of hydrazine groups is 1. The van der Waals surface area contributed by atoms with Gasteiger partial charge in [-0.15, -0.1) is 10.1 Å². The fourth-order valence-corrected chi connectivity index (χ4v) is 4.70. The van der Waals surface area contributed by atoms with Crippen LogP contribution in [0.1, 0.15) is 58.1 Å². The van der Waals surface area contributed by atoms with Crippen LogP contribution in [-0.2, 0) is 11.2 Å². The molecule has 4 atom stereocenters. The Morgan fingerprint density at radius 3 is 2.48 bits per heavy atom. The van der Waals surface area contributed by atoms with Gasteiger partial charge in [0.05, 0.1) is 0 Å². The summed E-state index contributed by atoms with van der Waals surface area (Å²) in [5.74, 6) is 1.80. The molecule has 4 rings (SSSR count). The lowest BCUT2D eigenvalue weighted by atomic mass is 9.85. The molecule has 2 bridgehead atoms. The van der Waals surface area contributed by atoms with Gasteiger partial charge in [-0.05, 0) is 49.3 Å². The van der Waals surface area contributed by atoms with Gasteiger partial charge in [0.2, 0.25) is 5.71 Å². The number of aryl methyl sites for hydroxylation is 1. The molecule has 1 aromatic rings. The van der Waals surface area contributed by atoms with Gasteiger partial charge in [0.25, 0.3) is 5.91 Å². The minimum Gasteiger partial charge on any atom is -0.269 e. The number of hydrogen-bond acceptors (Lipinski definition) is 1. The molecular weight excluding hydrogens is 284 g/mol. The lowest BCUT2D eigenvalue weighted by Gasteiger charge is -2.17. The Morgan fingerprint density at radius 1 is 1.17 bits per heavy atom. The smallest absolute Gasteiger partial charge is 0.269 e. The van der Waals surface area contributed by atoms with Crippen LogP contribution in [0.3, 0.4) is 0 Å². The van der Waals surface area contributed by atoms with Crippen molar-refractivity contribution in [2.24, 2.45) is 17.8 Å². The molecule has 1 heterocycles. The lowest BCUT2D eigenvalue weighted by molar-refractivity contribution is -0.602. The Bertz CT molecular complexity index is 617. The van der Waals surface area contributed by atoms with E-state index in [2.05, 4.69) is 48.2 Å². The largest absolute Gasteiger partial charge is 0.284 e. The molecule has 2 unspecified atom stereocenters. The van der Waals surface area contributed by atoms with Crippen LogP contribution in [0.4, 0.5) is 0 Å². The molecule has 0 radical (unpaired) electrons. The summed E-state index contributed by atoms with van der Waals surface area (Å²) in [4.78, 5) is 12.3. The summed E-state index contributed by atoms with van der Waals surface area (Å²) in [6.45, 7) is 8.31. The molecule has 3 fully saturated rings. The molecule has 0 spiro atoms. The average Bonchev–Trinajstić information content (AvgIpc) is 3.30. The fraction of sp³-hybridized carbons (Fsp3) is 0.600. The first-order chi connectivity index (χ1) is 11.2. The summed E-state index contributed by atoms with van der Waals surface area (Å²) in [5.41, 5.74) is 6.90. The molecule has 2 aliphatic carbocycles. The molecule has 1 saturated heterocycles. The van der Waals surface area contributed by atoms with Crippen molar-refractivity contribution < 1.29 is 9.48 Å². The third-order valence-electron chi connectivity index (χ3n) is 5.85. The molecule has 1 N–H and O–H groups in total. The van der Waals surface area contributed by atoms with Gasteiger partial charge in [-0.1, -0.05) is 32.9 Å². The Hall–Kier alpha value is -1.64. The van der Waals surface area contributed by atoms with E-state index in [-0.39, 0.29) is 11.8 Å². The van der Waals surface area contributed by atoms with Gasteiger partial charge in [-0.3, -0.25) is 4.79 Å². The van der Waals surface area contributed by atoms with Gasteiger partial charge in [0, 0.05) is 18.4 Å². The topological polar surface area (TPSA) is 32.1 Å². The minimum atomic E-state index is 0.230. The normalized spacial score (nSPS) is 33.0. The monoisotopic (exact) mass is 313 g/mol. The number of hydrazone groups is 1. The van der Waals surface area contributed by atoms with E-state index >= 15 is 0 Å². The van der Waals surface area contributed by atoms with Gasteiger partial charge < -0.3 is 0 Å². The second-order valence-electron chi connectivity index (χ2n) is 6.83. The van der Waals surface area contributed by atoms with E-state index < -0.39 is 0 Å². The highest BCUT2D eigenvalue weighted by Gasteiger charge is 2.62. The highest BCUT2D eigenvalue weighted by atomic mass is 16.2. The van der Waals surface area contributed by atoms with Crippen LogP contribution in [0.15, 0.2) is 24.3 Å². The maximum absolute atomic E-state index is 12.3. The summed E-state index contributed by atoms with van der Waals surface area (Å²) in [6.07, 6.45) is 4.85. The Balaban J connectivity index is 0.000000753. The van der Waals surface area contributed by atoms with Crippen molar-refractivity contribution in [1.29, 1.82) is 0 Å². The number of carbonyl (C=O) groups excluding carboxylic acids is 1. The minimum absolute atomic E-state index is 0.230. The summed E-state index contributed by atoms with van der Waals surface area (Å²) in [6, 6.07) is 9.13. The summed E-state index contributed by atoms with van der Waals surface area (Å²) < 4.78 is 2.18. The van der Waals surface area contributed by atoms with E-state index in [1.54, 1.807) is 0 Å². The second-order valence-corrected chi connectivity index (χ2v) is 6.83. The van der Waals surface area contributed by atoms with E-state index in [9.17, 15) is 4.79 Å². The molecule has 3 heteroatoms. The van der Waals surface area contributed by atoms with Crippen LogP contribution in [0, 0.1) is 17.8 Å². The zero-order chi connectivity index (χ0) is 16.6. The van der Waals surface area contributed by atoms with E-state index in [4.69, 9.17) is 0 Å². The second kappa shape index (κ2) is 6.46. The highest BCUT2D eigenvalue weighted by molar-refractivity contribution is 5.96. The molecule has 2 saturated carbocycles. The Kier molecular flexibility index (Phi) is 4.56. The number of fused-ring (bicyclic) bond motifs is 5. The lowest BCUT2D eigenvalue weighted by Crippen LogP contribution is -2.37. The first-order valence-electron chi connectivity index (χ1n) is 9.21. The summed E-state index contributed by atoms with van der Waals surface area (Å²) in [7, 11) is 0. The zero-order valence-corrected chi connectivity index (χ0v) is 14.8. The third kappa shape index (κ3) is 2.60. The van der Waals surface area contributed by atoms with Crippen molar-refractivity contribution in [2.75, 3.05) is 0 Å². The molecule has 23 heavy (non-hydrogen) atoms. The average molecular weight is 313 g/mol. The van der Waals surface area contributed by atoms with Gasteiger partial charge in [0.15, 0.2) is 6.04 Å². The van der Waals surface area contributed by atoms with Crippen LogP contribution < -0.4 is 5.43 Å². The molecule has 1 amide bonds. The quantitative estimate of drug-likeness (QED) is 0.832. The van der Waals surface area contributed by atoms with Crippen molar-refractivity contribution in [1.82, 2.24) is 5.43 Å². The standard InChI is InChI=1S/C18H22N2O.C2H6/c1-3-12-4-6-13(7-5-12)11(2)20-17-15-9-8-14(10-15)16(17)18(21)19-20;1-2/h4-7,14-17H,3,8-10H2,1-2H3;1-2H3/p+1/b20-11-;/t14-,15-,16?,17?;/m1./s1. The Labute approximate surface area is 139 Å². The van der Waals surface area contributed by atoms with Gasteiger partial charge in [0.1, 0.15) is 5.92 Å². The first kappa shape index (κ1) is 16.2. The fourth-order valence-electron chi connectivity index (χ4n) is 4.70. The summed E-state index contributed by atoms with van der Waals surface area (Å²) >= 11 is 0. The maximum Gasteiger partial charge on any atom is 0.284 e. The van der Waals surface area contributed by atoms with Crippen LogP contribution in [0.2, 0.25) is 0 Å². The van der Waals surface area contributed by atoms with E-state index in [1.807, 2.05) is 13.8 Å². The summed E-state index contributed by atoms with van der Waals surface area (Å²) in [5, 5.41) is 0. The number of carbonyl (C=O) groups is 1. The first-order valence-corrected chi connectivity index (χ1v) is 9.21. The molecule has 1 aliphatic heterocycles. The van der Waals surface area contributed by atoms with E-state index in [0.29, 0.717) is 17.9 Å². The van der Waals surface area contributed by atoms with Crippen molar-refractivity contribution in [3.63, 3.8) is 0 Å². The highest BCUT2D eigenvalue weighted by Crippen LogP contribution is 2.51. The molecule has 3 aliphatic rings. The van der Waals surface area contributed by atoms with Crippen molar-refractivity contribution >= 4 is 11.6 Å². The van der Waals surface area contributed by atoms with Crippen LogP contribution in [0.5, 0.6) is 0 Å². The molecule has 0 aromatic heterocycles. The van der Waals surface area contributed by atoms with E-state index in [0.717, 1.165) is 6.42 Å². The number of rotatable bonds is 2.